The molecule has 0 saturated carbocycles. The van der Waals surface area contributed by atoms with Gasteiger partial charge in [-0.1, -0.05) is 121 Å². The summed E-state index contributed by atoms with van der Waals surface area (Å²) < 4.78 is 0. The van der Waals surface area contributed by atoms with Gasteiger partial charge in [0.05, 0.1) is 17.1 Å². The first-order chi connectivity index (χ1) is 20.3. The van der Waals surface area contributed by atoms with Gasteiger partial charge in [-0.25, -0.2) is 0 Å². The molecule has 1 N–H and O–H groups in total. The van der Waals surface area contributed by atoms with Crippen molar-refractivity contribution in [2.75, 3.05) is 10.2 Å². The molecule has 7 aromatic carbocycles. The highest BCUT2D eigenvalue weighted by atomic mass is 15.3. The molecule has 2 aliphatic heterocycles. The monoisotopic (exact) mass is 522 g/mol. The minimum absolute atomic E-state index is 0.0463. The molecule has 192 valence electrons. The average Bonchev–Trinajstić information content (AvgIpc) is 3.44. The molecular formula is C39H26N2. The highest BCUT2D eigenvalue weighted by Gasteiger charge is 2.38. The SMILES string of the molecule is c1ccc2c(c1)NC1c3c(cc(-c4ccc(-c5cccc6ccccc56)cc4)c4ccccc34)-c3ccccc3N21. The summed E-state index contributed by atoms with van der Waals surface area (Å²) in [5.41, 5.74) is 12.6. The number of fused-ring (bicyclic) bond motifs is 11. The zero-order chi connectivity index (χ0) is 26.9. The third-order valence-electron chi connectivity index (χ3n) is 8.82. The van der Waals surface area contributed by atoms with E-state index in [4.69, 9.17) is 0 Å². The first kappa shape index (κ1) is 22.5. The maximum Gasteiger partial charge on any atom is 0.131 e. The van der Waals surface area contributed by atoms with Gasteiger partial charge in [0, 0.05) is 11.1 Å². The van der Waals surface area contributed by atoms with E-state index in [-0.39, 0.29) is 6.17 Å². The highest BCUT2D eigenvalue weighted by Crippen LogP contribution is 2.56. The Balaban J connectivity index is 1.25. The fourth-order valence-electron chi connectivity index (χ4n) is 7.00. The molecule has 0 spiro atoms. The van der Waals surface area contributed by atoms with Crippen molar-refractivity contribution in [1.29, 1.82) is 0 Å². The summed E-state index contributed by atoms with van der Waals surface area (Å²) in [4.78, 5) is 2.47. The van der Waals surface area contributed by atoms with Crippen molar-refractivity contribution < 1.29 is 0 Å². The van der Waals surface area contributed by atoms with Gasteiger partial charge >= 0.3 is 0 Å². The molecule has 7 aromatic rings. The lowest BCUT2D eigenvalue weighted by Gasteiger charge is -2.36. The van der Waals surface area contributed by atoms with E-state index in [9.17, 15) is 0 Å². The number of nitrogens with one attached hydrogen (secondary N) is 1. The molecule has 2 aliphatic rings. The zero-order valence-corrected chi connectivity index (χ0v) is 22.4. The molecule has 2 heteroatoms. The van der Waals surface area contributed by atoms with Crippen LogP contribution in [0.1, 0.15) is 11.7 Å². The van der Waals surface area contributed by atoms with Crippen molar-refractivity contribution in [2.45, 2.75) is 6.17 Å². The normalized spacial score (nSPS) is 14.7. The Morgan fingerprint density at radius 1 is 0.439 bits per heavy atom. The molecule has 2 heterocycles. The van der Waals surface area contributed by atoms with Crippen LogP contribution in [0.25, 0.3) is 54.9 Å². The standard InChI is InChI=1S/C39H26N2/c1-2-12-28-25(10-1)11-9-16-29(28)26-20-22-27(23-21-26)33-24-34-31-14-5-7-18-36(31)41-37-19-8-6-17-35(37)40-39(41)38(34)32-15-4-3-13-30(32)33/h1-24,39-40H. The Labute approximate surface area is 239 Å². The number of benzene rings is 7. The van der Waals surface area contributed by atoms with Gasteiger partial charge in [0.15, 0.2) is 0 Å². The van der Waals surface area contributed by atoms with E-state index in [1.807, 2.05) is 0 Å². The van der Waals surface area contributed by atoms with E-state index in [0.29, 0.717) is 0 Å². The number of hydrogen-bond donors (Lipinski definition) is 1. The molecule has 0 amide bonds. The minimum atomic E-state index is 0.0463. The molecule has 1 unspecified atom stereocenters. The Morgan fingerprint density at radius 2 is 1.05 bits per heavy atom. The van der Waals surface area contributed by atoms with Crippen molar-refractivity contribution >= 4 is 38.6 Å². The number of nitrogens with zero attached hydrogens (tertiary/aromatic N) is 1. The summed E-state index contributed by atoms with van der Waals surface area (Å²) in [5, 5.41) is 8.98. The van der Waals surface area contributed by atoms with Crippen LogP contribution in [-0.2, 0) is 0 Å². The fourth-order valence-corrected chi connectivity index (χ4v) is 7.00. The zero-order valence-electron chi connectivity index (χ0n) is 22.4. The van der Waals surface area contributed by atoms with Gasteiger partial charge in [0.2, 0.25) is 0 Å². The van der Waals surface area contributed by atoms with Crippen LogP contribution in [0.5, 0.6) is 0 Å². The molecule has 0 saturated heterocycles. The van der Waals surface area contributed by atoms with Crippen LogP contribution in [0.4, 0.5) is 17.1 Å². The lowest BCUT2D eigenvalue weighted by Crippen LogP contribution is -2.28. The summed E-state index contributed by atoms with van der Waals surface area (Å²) in [6, 6.07) is 53.1. The fraction of sp³-hybridized carbons (Fsp3) is 0.0256. The van der Waals surface area contributed by atoms with Crippen molar-refractivity contribution in [2.24, 2.45) is 0 Å². The Morgan fingerprint density at radius 3 is 1.90 bits per heavy atom. The molecule has 0 aliphatic carbocycles. The van der Waals surface area contributed by atoms with Crippen LogP contribution < -0.4 is 10.2 Å². The molecule has 41 heavy (non-hydrogen) atoms. The molecule has 0 bridgehead atoms. The summed E-state index contributed by atoms with van der Waals surface area (Å²) in [6.07, 6.45) is 0.0463. The Bertz CT molecular complexity index is 2140. The van der Waals surface area contributed by atoms with Gasteiger partial charge in [-0.3, -0.25) is 0 Å². The van der Waals surface area contributed by atoms with Gasteiger partial charge in [-0.2, -0.15) is 0 Å². The maximum absolute atomic E-state index is 3.85. The molecule has 1 atom stereocenters. The van der Waals surface area contributed by atoms with Gasteiger partial charge in [0.1, 0.15) is 6.17 Å². The largest absolute Gasteiger partial charge is 0.359 e. The first-order valence-electron chi connectivity index (χ1n) is 14.2. The van der Waals surface area contributed by atoms with E-state index >= 15 is 0 Å². The second-order valence-electron chi connectivity index (χ2n) is 11.0. The van der Waals surface area contributed by atoms with Crippen molar-refractivity contribution in [3.05, 3.63) is 151 Å². The van der Waals surface area contributed by atoms with Crippen LogP contribution in [0.3, 0.4) is 0 Å². The van der Waals surface area contributed by atoms with Crippen LogP contribution >= 0.6 is 0 Å². The van der Waals surface area contributed by atoms with E-state index in [2.05, 4.69) is 156 Å². The van der Waals surface area contributed by atoms with Crippen molar-refractivity contribution in [3.8, 4) is 33.4 Å². The van der Waals surface area contributed by atoms with Gasteiger partial charge in [-0.15, -0.1) is 0 Å². The van der Waals surface area contributed by atoms with Gasteiger partial charge < -0.3 is 10.2 Å². The van der Waals surface area contributed by atoms with Crippen LogP contribution in [-0.4, -0.2) is 0 Å². The molecule has 2 nitrogen and oxygen atoms in total. The number of hydrogen-bond acceptors (Lipinski definition) is 2. The highest BCUT2D eigenvalue weighted by molar-refractivity contribution is 6.08. The summed E-state index contributed by atoms with van der Waals surface area (Å²) in [7, 11) is 0. The summed E-state index contributed by atoms with van der Waals surface area (Å²) in [6.45, 7) is 0. The average molecular weight is 523 g/mol. The first-order valence-corrected chi connectivity index (χ1v) is 14.2. The lowest BCUT2D eigenvalue weighted by atomic mass is 9.84. The summed E-state index contributed by atoms with van der Waals surface area (Å²) in [5.74, 6) is 0. The van der Waals surface area contributed by atoms with Crippen LogP contribution in [0.15, 0.2) is 146 Å². The topological polar surface area (TPSA) is 15.3 Å². The van der Waals surface area contributed by atoms with Crippen LogP contribution in [0.2, 0.25) is 0 Å². The minimum Gasteiger partial charge on any atom is -0.359 e. The molecule has 0 aromatic heterocycles. The Kier molecular flexibility index (Phi) is 4.70. The van der Waals surface area contributed by atoms with E-state index < -0.39 is 0 Å². The van der Waals surface area contributed by atoms with E-state index in [0.717, 1.165) is 0 Å². The Hall–Kier alpha value is -5.34. The van der Waals surface area contributed by atoms with E-state index in [1.165, 1.54) is 77.6 Å². The molecule has 0 fully saturated rings. The van der Waals surface area contributed by atoms with Gasteiger partial charge in [-0.05, 0) is 73.6 Å². The third-order valence-corrected chi connectivity index (χ3v) is 8.82. The smallest absolute Gasteiger partial charge is 0.131 e. The quantitative estimate of drug-likeness (QED) is 0.243. The molecule has 0 radical (unpaired) electrons. The molecule has 9 rings (SSSR count). The van der Waals surface area contributed by atoms with E-state index in [1.54, 1.807) is 0 Å². The van der Waals surface area contributed by atoms with Crippen LogP contribution in [0, 0.1) is 0 Å². The second-order valence-corrected chi connectivity index (χ2v) is 11.0. The van der Waals surface area contributed by atoms with Crippen molar-refractivity contribution in [1.82, 2.24) is 0 Å². The second kappa shape index (κ2) is 8.58. The number of anilines is 3. The maximum atomic E-state index is 3.85. The summed E-state index contributed by atoms with van der Waals surface area (Å²) >= 11 is 0. The third kappa shape index (κ3) is 3.25. The lowest BCUT2D eigenvalue weighted by molar-refractivity contribution is 0.827. The number of para-hydroxylation sites is 3. The number of rotatable bonds is 2. The predicted molar refractivity (Wildman–Crippen MR) is 173 cm³/mol. The van der Waals surface area contributed by atoms with Gasteiger partial charge in [0.25, 0.3) is 0 Å². The van der Waals surface area contributed by atoms with Crippen molar-refractivity contribution in [3.63, 3.8) is 0 Å². The predicted octanol–water partition coefficient (Wildman–Crippen LogP) is 10.6. The molecular weight excluding hydrogens is 496 g/mol.